The fourth-order valence-corrected chi connectivity index (χ4v) is 2.36. The summed E-state index contributed by atoms with van der Waals surface area (Å²) in [7, 11) is 0.852. The van der Waals surface area contributed by atoms with E-state index in [0.717, 1.165) is 31.9 Å². The lowest BCUT2D eigenvalue weighted by atomic mass is 10.1. The van der Waals surface area contributed by atoms with Crippen LogP contribution in [0.5, 0.6) is 0 Å². The van der Waals surface area contributed by atoms with Crippen LogP contribution in [0.15, 0.2) is 23.0 Å². The first-order valence-electron chi connectivity index (χ1n) is 4.15. The zero-order chi connectivity index (χ0) is 9.42. The van der Waals surface area contributed by atoms with Gasteiger partial charge in [-0.25, -0.2) is 5.10 Å². The van der Waals surface area contributed by atoms with Gasteiger partial charge in [0, 0.05) is 10.7 Å². The molecule has 1 heterocycles. The van der Waals surface area contributed by atoms with Crippen molar-refractivity contribution in [2.24, 2.45) is 0 Å². The molecule has 0 spiro atoms. The first-order valence-corrected chi connectivity index (χ1v) is 5.15. The molecule has 13 heavy (non-hydrogen) atoms. The summed E-state index contributed by atoms with van der Waals surface area (Å²) in [4.78, 5) is 11.4. The number of hydrogen-bond donors (Lipinski definition) is 1. The maximum absolute atomic E-state index is 11.4. The molecule has 0 fully saturated rings. The van der Waals surface area contributed by atoms with Crippen LogP contribution in [0, 0.1) is 6.92 Å². The molecule has 1 aromatic carbocycles. The highest BCUT2D eigenvalue weighted by atomic mass is 28.1. The fourth-order valence-electron chi connectivity index (χ4n) is 1.59. The third-order valence-corrected chi connectivity index (χ3v) is 2.93. The van der Waals surface area contributed by atoms with Crippen LogP contribution in [0.25, 0.3) is 10.8 Å². The number of aryl methyl sites for hydroxylation is 1. The maximum atomic E-state index is 11.4. The molecular weight excluding hydrogens is 180 g/mol. The second-order valence-electron chi connectivity index (χ2n) is 3.14. The Morgan fingerprint density at radius 1 is 1.46 bits per heavy atom. The van der Waals surface area contributed by atoms with E-state index in [1.165, 1.54) is 0 Å². The third kappa shape index (κ3) is 1.19. The van der Waals surface area contributed by atoms with Crippen molar-refractivity contribution in [2.45, 2.75) is 6.92 Å². The quantitative estimate of drug-likeness (QED) is 0.554. The van der Waals surface area contributed by atoms with Crippen molar-refractivity contribution in [3.63, 3.8) is 0 Å². The molecule has 0 radical (unpaired) electrons. The summed E-state index contributed by atoms with van der Waals surface area (Å²) in [6.07, 6.45) is 0. The lowest BCUT2D eigenvalue weighted by Gasteiger charge is -2.02. The van der Waals surface area contributed by atoms with Gasteiger partial charge in [0.25, 0.3) is 5.56 Å². The number of fused-ring (bicyclic) bond motifs is 1. The molecule has 0 atom stereocenters. The standard InChI is InChI=1S/C9H10N2OSi/c1-5-3-2-4-6-7(5)9(13)11-10-8(6)12/h2-4H,1,13H3,(H,10,12). The molecule has 2 aromatic rings. The summed E-state index contributed by atoms with van der Waals surface area (Å²) in [6.45, 7) is 2.00. The van der Waals surface area contributed by atoms with Crippen molar-refractivity contribution in [2.75, 3.05) is 0 Å². The van der Waals surface area contributed by atoms with Crippen LogP contribution in [0.3, 0.4) is 0 Å². The van der Waals surface area contributed by atoms with Gasteiger partial charge < -0.3 is 0 Å². The van der Waals surface area contributed by atoms with E-state index in [0.29, 0.717) is 0 Å². The molecular formula is C9H10N2OSi. The summed E-state index contributed by atoms with van der Waals surface area (Å²) in [5.41, 5.74) is 1.03. The highest BCUT2D eigenvalue weighted by molar-refractivity contribution is 6.37. The molecule has 1 aromatic heterocycles. The van der Waals surface area contributed by atoms with Gasteiger partial charge in [-0.3, -0.25) is 4.79 Å². The minimum absolute atomic E-state index is 0.0988. The molecule has 3 nitrogen and oxygen atoms in total. The third-order valence-electron chi connectivity index (χ3n) is 2.20. The van der Waals surface area contributed by atoms with Gasteiger partial charge in [-0.1, -0.05) is 12.1 Å². The predicted octanol–water partition coefficient (Wildman–Crippen LogP) is -0.778. The molecule has 0 saturated heterocycles. The molecule has 66 valence electrons. The largest absolute Gasteiger partial charge is 0.272 e. The highest BCUT2D eigenvalue weighted by Crippen LogP contribution is 2.09. The van der Waals surface area contributed by atoms with Crippen LogP contribution in [-0.4, -0.2) is 20.4 Å². The van der Waals surface area contributed by atoms with Gasteiger partial charge in [0.2, 0.25) is 0 Å². The zero-order valence-corrected chi connectivity index (χ0v) is 9.59. The van der Waals surface area contributed by atoms with Crippen LogP contribution in [0.2, 0.25) is 0 Å². The Morgan fingerprint density at radius 3 is 2.92 bits per heavy atom. The summed E-state index contributed by atoms with van der Waals surface area (Å²) in [5, 5.41) is 9.27. The lowest BCUT2D eigenvalue weighted by Crippen LogP contribution is -2.20. The average Bonchev–Trinajstić information content (AvgIpc) is 2.12. The van der Waals surface area contributed by atoms with Crippen LogP contribution in [-0.2, 0) is 0 Å². The van der Waals surface area contributed by atoms with Gasteiger partial charge in [-0.15, -0.1) is 0 Å². The highest BCUT2D eigenvalue weighted by Gasteiger charge is 2.03. The number of aromatic nitrogens is 2. The monoisotopic (exact) mass is 190 g/mol. The van der Waals surface area contributed by atoms with E-state index in [1.807, 2.05) is 25.1 Å². The molecule has 0 aliphatic heterocycles. The van der Waals surface area contributed by atoms with E-state index >= 15 is 0 Å². The number of nitrogens with zero attached hydrogens (tertiary/aromatic N) is 1. The molecule has 1 N–H and O–H groups in total. The van der Waals surface area contributed by atoms with Crippen molar-refractivity contribution in [3.05, 3.63) is 34.1 Å². The smallest absolute Gasteiger partial charge is 0.267 e. The normalized spacial score (nSPS) is 10.8. The number of hydrogen-bond acceptors (Lipinski definition) is 2. The van der Waals surface area contributed by atoms with Gasteiger partial charge in [-0.05, 0) is 18.6 Å². The molecule has 0 aliphatic rings. The van der Waals surface area contributed by atoms with Crippen LogP contribution < -0.4 is 10.9 Å². The van der Waals surface area contributed by atoms with Gasteiger partial charge in [0.15, 0.2) is 0 Å². The lowest BCUT2D eigenvalue weighted by molar-refractivity contribution is 1.03. The van der Waals surface area contributed by atoms with E-state index in [2.05, 4.69) is 10.2 Å². The minimum Gasteiger partial charge on any atom is -0.267 e. The Morgan fingerprint density at radius 2 is 2.23 bits per heavy atom. The molecule has 0 aliphatic carbocycles. The van der Waals surface area contributed by atoms with Crippen LogP contribution in [0.1, 0.15) is 5.56 Å². The van der Waals surface area contributed by atoms with E-state index in [1.54, 1.807) is 0 Å². The van der Waals surface area contributed by atoms with Crippen LogP contribution >= 0.6 is 0 Å². The van der Waals surface area contributed by atoms with Crippen molar-refractivity contribution >= 4 is 26.3 Å². The number of rotatable bonds is 0. The van der Waals surface area contributed by atoms with Gasteiger partial charge in [0.05, 0.1) is 15.6 Å². The van der Waals surface area contributed by atoms with Crippen molar-refractivity contribution in [3.8, 4) is 0 Å². The van der Waals surface area contributed by atoms with E-state index in [4.69, 9.17) is 0 Å². The van der Waals surface area contributed by atoms with Crippen molar-refractivity contribution in [1.82, 2.24) is 10.2 Å². The Labute approximate surface area is 78.2 Å². The molecule has 2 rings (SSSR count). The van der Waals surface area contributed by atoms with Gasteiger partial charge in [-0.2, -0.15) is 5.10 Å². The van der Waals surface area contributed by atoms with Crippen molar-refractivity contribution in [1.29, 1.82) is 0 Å². The summed E-state index contributed by atoms with van der Waals surface area (Å²) < 4.78 is 0. The predicted molar refractivity (Wildman–Crippen MR) is 56.7 cm³/mol. The maximum Gasteiger partial charge on any atom is 0.272 e. The first-order chi connectivity index (χ1) is 6.20. The Hall–Kier alpha value is -1.42. The Bertz CT molecular complexity index is 510. The van der Waals surface area contributed by atoms with Gasteiger partial charge >= 0.3 is 0 Å². The van der Waals surface area contributed by atoms with E-state index in [-0.39, 0.29) is 5.56 Å². The molecule has 0 amide bonds. The minimum atomic E-state index is -0.0988. The average molecular weight is 190 g/mol. The molecule has 0 bridgehead atoms. The Balaban J connectivity index is 3.09. The molecule has 0 saturated carbocycles. The van der Waals surface area contributed by atoms with E-state index in [9.17, 15) is 4.79 Å². The topological polar surface area (TPSA) is 45.8 Å². The second kappa shape index (κ2) is 2.81. The number of H-pyrrole nitrogens is 1. The second-order valence-corrected chi connectivity index (χ2v) is 4.08. The summed E-state index contributed by atoms with van der Waals surface area (Å²) in [6, 6.07) is 5.74. The van der Waals surface area contributed by atoms with Crippen molar-refractivity contribution < 1.29 is 0 Å². The number of nitrogens with one attached hydrogen (secondary N) is 1. The zero-order valence-electron chi connectivity index (χ0n) is 7.59. The van der Waals surface area contributed by atoms with Crippen LogP contribution in [0.4, 0.5) is 0 Å². The van der Waals surface area contributed by atoms with Gasteiger partial charge in [0.1, 0.15) is 0 Å². The molecule has 0 unspecified atom stereocenters. The summed E-state index contributed by atoms with van der Waals surface area (Å²) >= 11 is 0. The van der Waals surface area contributed by atoms with E-state index < -0.39 is 0 Å². The number of aromatic amines is 1. The number of benzene rings is 1. The molecule has 4 heteroatoms. The Kier molecular flexibility index (Phi) is 1.77. The SMILES string of the molecule is Cc1cccc2c(=O)[nH]nc([SiH3])c12. The fraction of sp³-hybridized carbons (Fsp3) is 0.111. The first kappa shape index (κ1) is 8.19. The summed E-state index contributed by atoms with van der Waals surface area (Å²) in [5.74, 6) is 0.